The van der Waals surface area contributed by atoms with Gasteiger partial charge in [-0.05, 0) is 24.5 Å². The van der Waals surface area contributed by atoms with Crippen LogP contribution in [0, 0.1) is 0 Å². The van der Waals surface area contributed by atoms with Crippen molar-refractivity contribution in [2.45, 2.75) is 37.8 Å². The van der Waals surface area contributed by atoms with Gasteiger partial charge in [0.2, 0.25) is 0 Å². The van der Waals surface area contributed by atoms with Crippen molar-refractivity contribution in [3.8, 4) is 0 Å². The van der Waals surface area contributed by atoms with Gasteiger partial charge >= 0.3 is 0 Å². The van der Waals surface area contributed by atoms with Crippen LogP contribution in [0.4, 0.5) is 0 Å². The van der Waals surface area contributed by atoms with Crippen LogP contribution in [0.3, 0.4) is 0 Å². The van der Waals surface area contributed by atoms with Crippen molar-refractivity contribution in [2.24, 2.45) is 5.73 Å². The van der Waals surface area contributed by atoms with Gasteiger partial charge in [0.05, 0.1) is 6.61 Å². The number of hydrogen-bond acceptors (Lipinski definition) is 3. The van der Waals surface area contributed by atoms with Crippen LogP contribution in [-0.4, -0.2) is 35.7 Å². The molecule has 106 valence electrons. The Morgan fingerprint density at radius 2 is 2.00 bits per heavy atom. The molecule has 0 aromatic heterocycles. The second-order valence-electron chi connectivity index (χ2n) is 5.17. The van der Waals surface area contributed by atoms with Crippen molar-refractivity contribution in [3.63, 3.8) is 0 Å². The number of nitrogens with zero attached hydrogens (tertiary/aromatic N) is 1. The molecule has 4 heteroatoms. The highest BCUT2D eigenvalue weighted by molar-refractivity contribution is 9.10. The first-order chi connectivity index (χ1) is 9.27. The normalized spacial score (nSPS) is 18.1. The molecule has 1 unspecified atom stereocenters. The summed E-state index contributed by atoms with van der Waals surface area (Å²) in [6.07, 6.45) is 5.03. The molecule has 0 spiro atoms. The van der Waals surface area contributed by atoms with Gasteiger partial charge in [0.25, 0.3) is 0 Å². The summed E-state index contributed by atoms with van der Waals surface area (Å²) in [7, 11) is 0. The van der Waals surface area contributed by atoms with Crippen molar-refractivity contribution < 1.29 is 5.11 Å². The maximum absolute atomic E-state index is 9.36. The third-order valence-electron chi connectivity index (χ3n) is 4.04. The average Bonchev–Trinajstić information content (AvgIpc) is 2.94. The molecule has 1 aliphatic rings. The molecule has 3 N–H and O–H groups in total. The third kappa shape index (κ3) is 3.57. The van der Waals surface area contributed by atoms with Crippen LogP contribution in [-0.2, 0) is 0 Å². The fourth-order valence-electron chi connectivity index (χ4n) is 3.13. The van der Waals surface area contributed by atoms with Crippen LogP contribution in [0.5, 0.6) is 0 Å². The van der Waals surface area contributed by atoms with Gasteiger partial charge < -0.3 is 10.8 Å². The Hall–Kier alpha value is -0.420. The molecule has 1 fully saturated rings. The molecule has 0 saturated heterocycles. The van der Waals surface area contributed by atoms with Gasteiger partial charge in [-0.25, -0.2) is 0 Å². The van der Waals surface area contributed by atoms with Crippen LogP contribution in [0.2, 0.25) is 0 Å². The average molecular weight is 327 g/mol. The molecule has 1 aliphatic carbocycles. The monoisotopic (exact) mass is 326 g/mol. The van der Waals surface area contributed by atoms with E-state index < -0.39 is 0 Å². The van der Waals surface area contributed by atoms with E-state index in [2.05, 4.69) is 39.0 Å². The SMILES string of the molecule is NCC(c1ccccc1Br)N(CCO)C1CCCC1. The van der Waals surface area contributed by atoms with E-state index in [1.165, 1.54) is 31.2 Å². The number of aliphatic hydroxyl groups is 1. The molecule has 0 bridgehead atoms. The zero-order chi connectivity index (χ0) is 13.7. The highest BCUT2D eigenvalue weighted by Crippen LogP contribution is 2.33. The number of benzene rings is 1. The Morgan fingerprint density at radius 3 is 2.58 bits per heavy atom. The second-order valence-corrected chi connectivity index (χ2v) is 6.03. The maximum atomic E-state index is 9.36. The van der Waals surface area contributed by atoms with E-state index in [1.54, 1.807) is 0 Å². The number of nitrogens with two attached hydrogens (primary N) is 1. The fraction of sp³-hybridized carbons (Fsp3) is 0.600. The van der Waals surface area contributed by atoms with E-state index in [0.717, 1.165) is 4.47 Å². The summed E-state index contributed by atoms with van der Waals surface area (Å²) in [4.78, 5) is 2.40. The van der Waals surface area contributed by atoms with Gasteiger partial charge in [-0.2, -0.15) is 0 Å². The summed E-state index contributed by atoms with van der Waals surface area (Å²) in [5, 5.41) is 9.36. The molecule has 1 aromatic carbocycles. The third-order valence-corrected chi connectivity index (χ3v) is 4.76. The molecule has 3 nitrogen and oxygen atoms in total. The van der Waals surface area contributed by atoms with Gasteiger partial charge in [0, 0.05) is 29.6 Å². The zero-order valence-corrected chi connectivity index (χ0v) is 12.8. The number of hydrogen-bond donors (Lipinski definition) is 2. The lowest BCUT2D eigenvalue weighted by molar-refractivity contribution is 0.107. The van der Waals surface area contributed by atoms with E-state index in [0.29, 0.717) is 19.1 Å². The van der Waals surface area contributed by atoms with Gasteiger partial charge in [0.15, 0.2) is 0 Å². The molecular weight excluding hydrogens is 304 g/mol. The number of aliphatic hydroxyl groups excluding tert-OH is 1. The molecule has 19 heavy (non-hydrogen) atoms. The highest BCUT2D eigenvalue weighted by atomic mass is 79.9. The number of rotatable bonds is 6. The summed E-state index contributed by atoms with van der Waals surface area (Å²) < 4.78 is 1.10. The largest absolute Gasteiger partial charge is 0.395 e. The first-order valence-corrected chi connectivity index (χ1v) is 7.88. The first-order valence-electron chi connectivity index (χ1n) is 7.09. The summed E-state index contributed by atoms with van der Waals surface area (Å²) in [6, 6.07) is 9.01. The molecule has 0 radical (unpaired) electrons. The Morgan fingerprint density at radius 1 is 1.32 bits per heavy atom. The van der Waals surface area contributed by atoms with Crippen LogP contribution >= 0.6 is 15.9 Å². The lowest BCUT2D eigenvalue weighted by Crippen LogP contribution is -2.42. The molecule has 1 atom stereocenters. The van der Waals surface area contributed by atoms with Crippen LogP contribution in [0.1, 0.15) is 37.3 Å². The van der Waals surface area contributed by atoms with Crippen molar-refractivity contribution in [1.29, 1.82) is 0 Å². The quantitative estimate of drug-likeness (QED) is 0.845. The summed E-state index contributed by atoms with van der Waals surface area (Å²) in [6.45, 7) is 1.48. The smallest absolute Gasteiger partial charge is 0.0558 e. The Balaban J connectivity index is 2.23. The second kappa shape index (κ2) is 7.39. The summed E-state index contributed by atoms with van der Waals surface area (Å²) >= 11 is 3.62. The molecule has 0 amide bonds. The summed E-state index contributed by atoms with van der Waals surface area (Å²) in [5.41, 5.74) is 7.26. The standard InChI is InChI=1S/C15H23BrN2O/c16-14-8-4-3-7-13(14)15(11-17)18(9-10-19)12-5-1-2-6-12/h3-4,7-8,12,15,19H,1-2,5-6,9-11,17H2. The van der Waals surface area contributed by atoms with Crippen LogP contribution in [0.25, 0.3) is 0 Å². The van der Waals surface area contributed by atoms with Crippen molar-refractivity contribution in [2.75, 3.05) is 19.7 Å². The maximum Gasteiger partial charge on any atom is 0.0558 e. The topological polar surface area (TPSA) is 49.5 Å². The Kier molecular flexibility index (Phi) is 5.82. The minimum Gasteiger partial charge on any atom is -0.395 e. The van der Waals surface area contributed by atoms with E-state index >= 15 is 0 Å². The van der Waals surface area contributed by atoms with Crippen molar-refractivity contribution in [3.05, 3.63) is 34.3 Å². The predicted molar refractivity (Wildman–Crippen MR) is 82.0 cm³/mol. The molecule has 1 saturated carbocycles. The van der Waals surface area contributed by atoms with Crippen molar-refractivity contribution >= 4 is 15.9 Å². The van der Waals surface area contributed by atoms with Gasteiger partial charge in [0.1, 0.15) is 0 Å². The van der Waals surface area contributed by atoms with Gasteiger partial charge in [-0.3, -0.25) is 4.90 Å². The number of halogens is 1. The van der Waals surface area contributed by atoms with Crippen molar-refractivity contribution in [1.82, 2.24) is 4.90 Å². The van der Waals surface area contributed by atoms with Crippen LogP contribution in [0.15, 0.2) is 28.7 Å². The minimum absolute atomic E-state index is 0.186. The molecule has 2 rings (SSSR count). The lowest BCUT2D eigenvalue weighted by Gasteiger charge is -2.36. The Labute approximate surface area is 123 Å². The lowest BCUT2D eigenvalue weighted by atomic mass is 10.0. The van der Waals surface area contributed by atoms with E-state index in [4.69, 9.17) is 5.73 Å². The Bertz CT molecular complexity index is 393. The first kappa shape index (κ1) is 15.0. The van der Waals surface area contributed by atoms with E-state index in [1.807, 2.05) is 6.07 Å². The molecule has 1 aromatic rings. The van der Waals surface area contributed by atoms with E-state index in [9.17, 15) is 5.11 Å². The zero-order valence-electron chi connectivity index (χ0n) is 11.3. The summed E-state index contributed by atoms with van der Waals surface area (Å²) in [5.74, 6) is 0. The highest BCUT2D eigenvalue weighted by Gasteiger charge is 2.29. The van der Waals surface area contributed by atoms with Gasteiger partial charge in [-0.15, -0.1) is 0 Å². The fourth-order valence-corrected chi connectivity index (χ4v) is 3.68. The van der Waals surface area contributed by atoms with Crippen LogP contribution < -0.4 is 5.73 Å². The molecular formula is C15H23BrN2O. The predicted octanol–water partition coefficient (Wildman–Crippen LogP) is 2.69. The molecule has 0 heterocycles. The molecule has 0 aliphatic heterocycles. The van der Waals surface area contributed by atoms with Gasteiger partial charge in [-0.1, -0.05) is 47.0 Å². The van der Waals surface area contributed by atoms with E-state index in [-0.39, 0.29) is 12.6 Å². The minimum atomic E-state index is 0.186.